The number of hydrogen-bond donors (Lipinski definition) is 3. The summed E-state index contributed by atoms with van der Waals surface area (Å²) in [5.41, 5.74) is 1.41. The Balaban J connectivity index is 1.78. The fraction of sp³-hybridized carbons (Fsp3) is 0.562. The number of nitrogens with one attached hydrogen (secondary N) is 1. The van der Waals surface area contributed by atoms with E-state index in [1.165, 1.54) is 19.3 Å². The van der Waals surface area contributed by atoms with Crippen molar-refractivity contribution in [3.8, 4) is 0 Å². The zero-order valence-electron chi connectivity index (χ0n) is 11.7. The van der Waals surface area contributed by atoms with E-state index in [1.54, 1.807) is 12.1 Å². The summed E-state index contributed by atoms with van der Waals surface area (Å²) in [4.78, 5) is 10.8. The molecule has 1 saturated carbocycles. The van der Waals surface area contributed by atoms with Crippen molar-refractivity contribution >= 4 is 5.97 Å². The van der Waals surface area contributed by atoms with Crippen LogP contribution >= 0.6 is 0 Å². The van der Waals surface area contributed by atoms with Crippen LogP contribution in [0.15, 0.2) is 24.3 Å². The molecule has 0 radical (unpaired) electrons. The Morgan fingerprint density at radius 1 is 1.15 bits per heavy atom. The van der Waals surface area contributed by atoms with E-state index in [-0.39, 0.29) is 0 Å². The second kappa shape index (κ2) is 7.41. The quantitative estimate of drug-likeness (QED) is 0.746. The Bertz CT molecular complexity index is 430. The first kappa shape index (κ1) is 15.0. The molecule has 1 aromatic rings. The van der Waals surface area contributed by atoms with E-state index in [4.69, 9.17) is 5.11 Å². The lowest BCUT2D eigenvalue weighted by molar-refractivity contribution is 0.0697. The van der Waals surface area contributed by atoms with Crippen LogP contribution in [0.4, 0.5) is 0 Å². The number of hydrogen-bond acceptors (Lipinski definition) is 3. The topological polar surface area (TPSA) is 69.6 Å². The Labute approximate surface area is 119 Å². The van der Waals surface area contributed by atoms with Gasteiger partial charge in [-0.05, 0) is 48.9 Å². The van der Waals surface area contributed by atoms with Gasteiger partial charge in [0.1, 0.15) is 0 Å². The van der Waals surface area contributed by atoms with Gasteiger partial charge in [-0.3, -0.25) is 0 Å². The number of benzene rings is 1. The predicted molar refractivity (Wildman–Crippen MR) is 77.6 cm³/mol. The molecule has 1 aliphatic rings. The number of carboxylic acid groups (broad SMARTS) is 1. The van der Waals surface area contributed by atoms with E-state index >= 15 is 0 Å². The molecule has 0 amide bonds. The van der Waals surface area contributed by atoms with Gasteiger partial charge in [0.25, 0.3) is 0 Å². The van der Waals surface area contributed by atoms with Crippen LogP contribution in [0.25, 0.3) is 0 Å². The number of aliphatic hydroxyl groups is 1. The summed E-state index contributed by atoms with van der Waals surface area (Å²) in [6.07, 6.45) is 4.82. The molecule has 0 saturated heterocycles. The maximum atomic E-state index is 10.8. The number of carbonyl (C=O) groups is 1. The van der Waals surface area contributed by atoms with Crippen molar-refractivity contribution in [2.75, 3.05) is 13.2 Å². The number of rotatable bonds is 6. The molecule has 20 heavy (non-hydrogen) atoms. The van der Waals surface area contributed by atoms with Crippen molar-refractivity contribution in [3.05, 3.63) is 35.4 Å². The minimum atomic E-state index is -0.891. The van der Waals surface area contributed by atoms with Crippen LogP contribution in [0, 0.1) is 11.8 Å². The van der Waals surface area contributed by atoms with Crippen LogP contribution in [0.1, 0.15) is 41.6 Å². The average Bonchev–Trinajstić information content (AvgIpc) is 2.48. The third-order valence-corrected chi connectivity index (χ3v) is 4.24. The first-order chi connectivity index (χ1) is 9.70. The Hall–Kier alpha value is -1.39. The summed E-state index contributed by atoms with van der Waals surface area (Å²) in [5, 5.41) is 21.6. The molecule has 0 aliphatic heterocycles. The fourth-order valence-electron chi connectivity index (χ4n) is 2.96. The van der Waals surface area contributed by atoms with Gasteiger partial charge in [-0.1, -0.05) is 25.0 Å². The van der Waals surface area contributed by atoms with E-state index in [2.05, 4.69) is 5.32 Å². The second-order valence-corrected chi connectivity index (χ2v) is 5.62. The van der Waals surface area contributed by atoms with Crippen molar-refractivity contribution in [2.45, 2.75) is 32.2 Å². The summed E-state index contributed by atoms with van der Waals surface area (Å²) < 4.78 is 0. The third kappa shape index (κ3) is 4.05. The number of aromatic carboxylic acids is 1. The molecule has 2 rings (SSSR count). The molecule has 110 valence electrons. The van der Waals surface area contributed by atoms with Crippen molar-refractivity contribution in [1.82, 2.24) is 5.32 Å². The molecule has 3 N–H and O–H groups in total. The molecule has 2 unspecified atom stereocenters. The van der Waals surface area contributed by atoms with E-state index in [0.717, 1.165) is 25.1 Å². The highest BCUT2D eigenvalue weighted by Crippen LogP contribution is 2.29. The summed E-state index contributed by atoms with van der Waals surface area (Å²) in [7, 11) is 0. The smallest absolute Gasteiger partial charge is 0.335 e. The number of carboxylic acids is 1. The van der Waals surface area contributed by atoms with Crippen LogP contribution in [0.5, 0.6) is 0 Å². The minimum absolute atomic E-state index is 0.291. The first-order valence-electron chi connectivity index (χ1n) is 7.34. The van der Waals surface area contributed by atoms with E-state index in [1.807, 2.05) is 12.1 Å². The lowest BCUT2D eigenvalue weighted by Crippen LogP contribution is -2.32. The Kier molecular flexibility index (Phi) is 5.56. The highest BCUT2D eigenvalue weighted by atomic mass is 16.4. The first-order valence-corrected chi connectivity index (χ1v) is 7.34. The van der Waals surface area contributed by atoms with Gasteiger partial charge in [0.05, 0.1) is 5.56 Å². The third-order valence-electron chi connectivity index (χ3n) is 4.24. The monoisotopic (exact) mass is 277 g/mol. The van der Waals surface area contributed by atoms with Gasteiger partial charge < -0.3 is 15.5 Å². The highest BCUT2D eigenvalue weighted by Gasteiger charge is 2.23. The van der Waals surface area contributed by atoms with Crippen LogP contribution in [0.3, 0.4) is 0 Å². The Morgan fingerprint density at radius 2 is 1.80 bits per heavy atom. The molecule has 1 fully saturated rings. The van der Waals surface area contributed by atoms with E-state index < -0.39 is 5.97 Å². The normalized spacial score (nSPS) is 22.6. The zero-order chi connectivity index (χ0) is 14.4. The molecule has 1 aliphatic carbocycles. The van der Waals surface area contributed by atoms with Gasteiger partial charge >= 0.3 is 5.97 Å². The van der Waals surface area contributed by atoms with Crippen molar-refractivity contribution in [2.24, 2.45) is 11.8 Å². The van der Waals surface area contributed by atoms with Crippen LogP contribution < -0.4 is 5.32 Å². The van der Waals surface area contributed by atoms with Gasteiger partial charge in [0.15, 0.2) is 0 Å². The average molecular weight is 277 g/mol. The molecule has 4 nitrogen and oxygen atoms in total. The van der Waals surface area contributed by atoms with Crippen molar-refractivity contribution < 1.29 is 15.0 Å². The molecule has 4 heteroatoms. The lowest BCUT2D eigenvalue weighted by atomic mass is 9.79. The largest absolute Gasteiger partial charge is 0.478 e. The maximum Gasteiger partial charge on any atom is 0.335 e. The van der Waals surface area contributed by atoms with E-state index in [9.17, 15) is 9.90 Å². The van der Waals surface area contributed by atoms with Crippen LogP contribution in [-0.4, -0.2) is 29.3 Å². The SMILES string of the molecule is O=C(O)c1ccc(CNCC2CCCCC2CO)cc1. The molecule has 1 aromatic carbocycles. The minimum Gasteiger partial charge on any atom is -0.478 e. The molecule has 2 atom stereocenters. The molecule has 0 heterocycles. The maximum absolute atomic E-state index is 10.8. The molecule has 0 aromatic heterocycles. The van der Waals surface area contributed by atoms with Gasteiger partial charge in [-0.25, -0.2) is 4.79 Å². The summed E-state index contributed by atoms with van der Waals surface area (Å²) in [6, 6.07) is 6.97. The molecular formula is C16H23NO3. The Morgan fingerprint density at radius 3 is 2.40 bits per heavy atom. The standard InChI is InChI=1S/C16H23NO3/c18-11-15-4-2-1-3-14(15)10-17-9-12-5-7-13(8-6-12)16(19)20/h5-8,14-15,17-18H,1-4,9-11H2,(H,19,20). The predicted octanol–water partition coefficient (Wildman–Crippen LogP) is 2.27. The molecule has 0 bridgehead atoms. The van der Waals surface area contributed by atoms with Crippen molar-refractivity contribution in [1.29, 1.82) is 0 Å². The molecule has 0 spiro atoms. The zero-order valence-corrected chi connectivity index (χ0v) is 11.7. The lowest BCUT2D eigenvalue weighted by Gasteiger charge is -2.30. The molecular weight excluding hydrogens is 254 g/mol. The van der Waals surface area contributed by atoms with Gasteiger partial charge in [-0.15, -0.1) is 0 Å². The van der Waals surface area contributed by atoms with E-state index in [0.29, 0.717) is 24.0 Å². The fourth-order valence-corrected chi connectivity index (χ4v) is 2.96. The van der Waals surface area contributed by atoms with Crippen LogP contribution in [0.2, 0.25) is 0 Å². The number of aliphatic hydroxyl groups excluding tert-OH is 1. The summed E-state index contributed by atoms with van der Waals surface area (Å²) in [6.45, 7) is 1.96. The summed E-state index contributed by atoms with van der Waals surface area (Å²) in [5.74, 6) is 0.107. The van der Waals surface area contributed by atoms with Crippen molar-refractivity contribution in [3.63, 3.8) is 0 Å². The summed E-state index contributed by atoms with van der Waals surface area (Å²) >= 11 is 0. The highest BCUT2D eigenvalue weighted by molar-refractivity contribution is 5.87. The van der Waals surface area contributed by atoms with Gasteiger partial charge in [-0.2, -0.15) is 0 Å². The van der Waals surface area contributed by atoms with Gasteiger partial charge in [0, 0.05) is 13.2 Å². The van der Waals surface area contributed by atoms with Crippen LogP contribution in [-0.2, 0) is 6.54 Å². The van der Waals surface area contributed by atoms with Gasteiger partial charge in [0.2, 0.25) is 0 Å². The second-order valence-electron chi connectivity index (χ2n) is 5.62.